The van der Waals surface area contributed by atoms with E-state index < -0.39 is 10.9 Å². The predicted octanol–water partition coefficient (Wildman–Crippen LogP) is 1.31. The van der Waals surface area contributed by atoms with Crippen LogP contribution in [0.25, 0.3) is 6.08 Å². The van der Waals surface area contributed by atoms with Gasteiger partial charge in [-0.15, -0.1) is 0 Å². The largest absolute Gasteiger partial charge is 0.463 e. The van der Waals surface area contributed by atoms with E-state index in [0.29, 0.717) is 0 Å². The summed E-state index contributed by atoms with van der Waals surface area (Å²) in [6, 6.07) is 2.82. The van der Waals surface area contributed by atoms with E-state index in [2.05, 4.69) is 4.74 Å². The lowest BCUT2D eigenvalue weighted by molar-refractivity contribution is -0.401. The maximum Gasteiger partial charge on any atom is 0.373 e. The molecule has 0 amide bonds. The van der Waals surface area contributed by atoms with Gasteiger partial charge in [0.05, 0.1) is 18.1 Å². The fourth-order valence-corrected chi connectivity index (χ4v) is 0.787. The zero-order valence-electron chi connectivity index (χ0n) is 7.30. The van der Waals surface area contributed by atoms with E-state index in [0.717, 1.165) is 12.3 Å². The summed E-state index contributed by atoms with van der Waals surface area (Å²) in [5.41, 5.74) is 0. The number of furan rings is 1. The Hall–Kier alpha value is -2.11. The van der Waals surface area contributed by atoms with Crippen molar-refractivity contribution in [3.63, 3.8) is 0 Å². The minimum Gasteiger partial charge on any atom is -0.463 e. The first kappa shape index (κ1) is 9.97. The van der Waals surface area contributed by atoms with E-state index in [1.54, 1.807) is 0 Å². The molecular weight excluding hydrogens is 190 g/mol. The number of carbonyl (C=O) groups excluding carboxylic acids is 1. The Bertz CT molecular complexity index is 379. The minimum absolute atomic E-state index is 0.00972. The first-order valence-corrected chi connectivity index (χ1v) is 3.63. The van der Waals surface area contributed by atoms with Gasteiger partial charge in [0.2, 0.25) is 12.0 Å². The van der Waals surface area contributed by atoms with Crippen LogP contribution in [0.3, 0.4) is 0 Å². The standard InChI is InChI=1S/C8H7NO5/c1-13-8(10)7-3-2-6(14-7)4-5-9(11)12/h2-5H,1H3/b5-4+. The van der Waals surface area contributed by atoms with Crippen LogP contribution in [0.4, 0.5) is 0 Å². The van der Waals surface area contributed by atoms with E-state index in [1.807, 2.05) is 0 Å². The number of rotatable bonds is 3. The fraction of sp³-hybridized carbons (Fsp3) is 0.125. The van der Waals surface area contributed by atoms with Crippen LogP contribution in [-0.2, 0) is 4.74 Å². The molecule has 0 aliphatic heterocycles. The van der Waals surface area contributed by atoms with Gasteiger partial charge in [-0.3, -0.25) is 10.1 Å². The van der Waals surface area contributed by atoms with Gasteiger partial charge in [-0.05, 0) is 12.1 Å². The molecule has 0 bridgehead atoms. The van der Waals surface area contributed by atoms with Crippen LogP contribution in [-0.4, -0.2) is 18.0 Å². The molecule has 1 rings (SSSR count). The topological polar surface area (TPSA) is 82.6 Å². The van der Waals surface area contributed by atoms with Gasteiger partial charge in [0, 0.05) is 0 Å². The average Bonchev–Trinajstić information content (AvgIpc) is 2.62. The SMILES string of the molecule is COC(=O)c1ccc(/C=C/[N+](=O)[O-])o1. The van der Waals surface area contributed by atoms with E-state index in [-0.39, 0.29) is 11.5 Å². The van der Waals surface area contributed by atoms with Gasteiger partial charge in [-0.25, -0.2) is 4.79 Å². The highest BCUT2D eigenvalue weighted by atomic mass is 16.6. The van der Waals surface area contributed by atoms with Crippen LogP contribution in [0.15, 0.2) is 22.7 Å². The smallest absolute Gasteiger partial charge is 0.373 e. The summed E-state index contributed by atoms with van der Waals surface area (Å²) in [7, 11) is 1.22. The molecular formula is C8H7NO5. The first-order valence-electron chi connectivity index (χ1n) is 3.63. The molecule has 0 unspecified atom stereocenters. The van der Waals surface area contributed by atoms with Crippen molar-refractivity contribution in [2.45, 2.75) is 0 Å². The van der Waals surface area contributed by atoms with Crippen LogP contribution < -0.4 is 0 Å². The predicted molar refractivity (Wildman–Crippen MR) is 46.1 cm³/mol. The number of nitro groups is 1. The normalized spacial score (nSPS) is 10.4. The number of carbonyl (C=O) groups is 1. The monoisotopic (exact) mass is 197 g/mol. The van der Waals surface area contributed by atoms with Crippen LogP contribution in [0, 0.1) is 10.1 Å². The number of hydrogen-bond donors (Lipinski definition) is 0. The molecule has 74 valence electrons. The quantitative estimate of drug-likeness (QED) is 0.414. The summed E-state index contributed by atoms with van der Waals surface area (Å²) in [4.78, 5) is 20.2. The number of nitrogens with zero attached hydrogens (tertiary/aromatic N) is 1. The van der Waals surface area contributed by atoms with E-state index in [4.69, 9.17) is 4.42 Å². The molecule has 14 heavy (non-hydrogen) atoms. The molecule has 0 aliphatic rings. The summed E-state index contributed by atoms with van der Waals surface area (Å²) in [5.74, 6) is -0.386. The molecule has 0 spiro atoms. The maximum absolute atomic E-state index is 10.9. The van der Waals surface area contributed by atoms with Crippen molar-refractivity contribution in [1.29, 1.82) is 0 Å². The van der Waals surface area contributed by atoms with Gasteiger partial charge in [-0.2, -0.15) is 0 Å². The van der Waals surface area contributed by atoms with Crippen molar-refractivity contribution in [3.05, 3.63) is 40.0 Å². The highest BCUT2D eigenvalue weighted by molar-refractivity contribution is 5.86. The van der Waals surface area contributed by atoms with Gasteiger partial charge in [0.25, 0.3) is 0 Å². The molecule has 0 fully saturated rings. The van der Waals surface area contributed by atoms with Crippen molar-refractivity contribution in [2.24, 2.45) is 0 Å². The minimum atomic E-state index is -0.625. The van der Waals surface area contributed by atoms with Gasteiger partial charge >= 0.3 is 5.97 Å². The van der Waals surface area contributed by atoms with Crippen LogP contribution in [0.2, 0.25) is 0 Å². The van der Waals surface area contributed by atoms with Crippen molar-refractivity contribution in [2.75, 3.05) is 7.11 Å². The second kappa shape index (κ2) is 4.22. The maximum atomic E-state index is 10.9. The Kier molecular flexibility index (Phi) is 3.01. The molecule has 0 radical (unpaired) electrons. The molecule has 0 atom stereocenters. The fourth-order valence-electron chi connectivity index (χ4n) is 0.787. The number of ether oxygens (including phenoxy) is 1. The van der Waals surface area contributed by atoms with Gasteiger partial charge < -0.3 is 9.15 Å². The lowest BCUT2D eigenvalue weighted by Gasteiger charge is -1.91. The van der Waals surface area contributed by atoms with Crippen molar-refractivity contribution in [3.8, 4) is 0 Å². The molecule has 1 heterocycles. The Morgan fingerprint density at radius 1 is 1.64 bits per heavy atom. The van der Waals surface area contributed by atoms with Gasteiger partial charge in [0.1, 0.15) is 5.76 Å². The Balaban J connectivity index is 2.78. The Labute approximate surface area is 78.9 Å². The molecule has 0 aromatic carbocycles. The van der Waals surface area contributed by atoms with Crippen LogP contribution in [0.5, 0.6) is 0 Å². The van der Waals surface area contributed by atoms with Crippen molar-refractivity contribution < 1.29 is 18.9 Å². The molecule has 0 aliphatic carbocycles. The second-order valence-electron chi connectivity index (χ2n) is 2.29. The summed E-state index contributed by atoms with van der Waals surface area (Å²) in [6.07, 6.45) is 1.87. The summed E-state index contributed by atoms with van der Waals surface area (Å²) < 4.78 is 9.31. The van der Waals surface area contributed by atoms with E-state index in [1.165, 1.54) is 19.2 Å². The molecule has 0 saturated heterocycles. The highest BCUT2D eigenvalue weighted by Gasteiger charge is 2.09. The summed E-state index contributed by atoms with van der Waals surface area (Å²) in [5, 5.41) is 9.95. The molecule has 0 saturated carbocycles. The third kappa shape index (κ3) is 2.44. The lowest BCUT2D eigenvalue weighted by atomic mass is 10.4. The third-order valence-electron chi connectivity index (χ3n) is 1.37. The molecule has 6 nitrogen and oxygen atoms in total. The molecule has 1 aromatic heterocycles. The van der Waals surface area contributed by atoms with E-state index in [9.17, 15) is 14.9 Å². The zero-order valence-corrected chi connectivity index (χ0v) is 7.30. The summed E-state index contributed by atoms with van der Waals surface area (Å²) in [6.45, 7) is 0. The first-order chi connectivity index (χ1) is 6.63. The van der Waals surface area contributed by atoms with E-state index >= 15 is 0 Å². The Morgan fingerprint density at radius 2 is 2.36 bits per heavy atom. The summed E-state index contributed by atoms with van der Waals surface area (Å²) >= 11 is 0. The van der Waals surface area contributed by atoms with Gasteiger partial charge in [0.15, 0.2) is 0 Å². The second-order valence-corrected chi connectivity index (χ2v) is 2.29. The zero-order chi connectivity index (χ0) is 10.6. The van der Waals surface area contributed by atoms with Crippen molar-refractivity contribution in [1.82, 2.24) is 0 Å². The molecule has 1 aromatic rings. The van der Waals surface area contributed by atoms with Crippen LogP contribution in [0.1, 0.15) is 16.3 Å². The molecule has 0 N–H and O–H groups in total. The number of esters is 1. The molecule has 6 heteroatoms. The third-order valence-corrected chi connectivity index (χ3v) is 1.37. The average molecular weight is 197 g/mol. The van der Waals surface area contributed by atoms with Gasteiger partial charge in [-0.1, -0.05) is 0 Å². The van der Waals surface area contributed by atoms with Crippen LogP contribution >= 0.6 is 0 Å². The Morgan fingerprint density at radius 3 is 2.93 bits per heavy atom. The number of methoxy groups -OCH3 is 1. The van der Waals surface area contributed by atoms with Crippen molar-refractivity contribution >= 4 is 12.0 Å². The highest BCUT2D eigenvalue weighted by Crippen LogP contribution is 2.10. The number of hydrogen-bond acceptors (Lipinski definition) is 5. The lowest BCUT2D eigenvalue weighted by Crippen LogP contribution is -1.98.